The molecule has 5 heteroatoms. The monoisotopic (exact) mass is 328 g/mol. The molecule has 1 aliphatic heterocycles. The van der Waals surface area contributed by atoms with Gasteiger partial charge in [0.2, 0.25) is 0 Å². The highest BCUT2D eigenvalue weighted by Crippen LogP contribution is 2.38. The second-order valence-electron chi connectivity index (χ2n) is 5.28. The van der Waals surface area contributed by atoms with E-state index in [0.717, 1.165) is 17.5 Å². The number of anilines is 1. The van der Waals surface area contributed by atoms with E-state index < -0.39 is 0 Å². The van der Waals surface area contributed by atoms with E-state index in [-0.39, 0.29) is 12.2 Å². The van der Waals surface area contributed by atoms with Gasteiger partial charge >= 0.3 is 0 Å². The Morgan fingerprint density at radius 3 is 2.91 bits per heavy atom. The Morgan fingerprint density at radius 2 is 2.05 bits per heavy atom. The Hall–Kier alpha value is -1.88. The highest BCUT2D eigenvalue weighted by atomic mass is 35.5. The van der Waals surface area contributed by atoms with Crippen molar-refractivity contribution in [2.45, 2.75) is 12.2 Å². The molecule has 3 nitrogen and oxygen atoms in total. The van der Waals surface area contributed by atoms with Crippen molar-refractivity contribution in [3.63, 3.8) is 0 Å². The average Bonchev–Trinajstić information content (AvgIpc) is 2.98. The zero-order valence-electron chi connectivity index (χ0n) is 11.5. The lowest BCUT2D eigenvalue weighted by molar-refractivity contribution is -0.109. The van der Waals surface area contributed by atoms with E-state index in [1.54, 1.807) is 11.3 Å². The van der Waals surface area contributed by atoms with Crippen molar-refractivity contribution in [1.29, 1.82) is 0 Å². The van der Waals surface area contributed by atoms with Crippen LogP contribution in [0.25, 0.3) is 10.8 Å². The summed E-state index contributed by atoms with van der Waals surface area (Å²) >= 11 is 7.74. The van der Waals surface area contributed by atoms with Gasteiger partial charge in [0.15, 0.2) is 0 Å². The number of hydrogen-bond acceptors (Lipinski definition) is 4. The molecular formula is C17H13ClN2OS. The number of carbonyl (C=O) groups excluding carboxylic acids is 1. The molecule has 3 aromatic rings. The van der Waals surface area contributed by atoms with Gasteiger partial charge in [-0.3, -0.25) is 5.32 Å². The maximum absolute atomic E-state index is 11.5. The number of aldehydes is 1. The molecule has 2 atom stereocenters. The molecule has 0 fully saturated rings. The van der Waals surface area contributed by atoms with Gasteiger partial charge in [0.1, 0.15) is 12.5 Å². The third kappa shape index (κ3) is 2.20. The van der Waals surface area contributed by atoms with Crippen molar-refractivity contribution >= 4 is 45.7 Å². The van der Waals surface area contributed by atoms with Crippen LogP contribution in [0.3, 0.4) is 0 Å². The van der Waals surface area contributed by atoms with Gasteiger partial charge in [-0.1, -0.05) is 35.9 Å². The fourth-order valence-corrected chi connectivity index (χ4v) is 4.10. The summed E-state index contributed by atoms with van der Waals surface area (Å²) in [5.41, 5.74) is 1.84. The van der Waals surface area contributed by atoms with Crippen LogP contribution in [0.4, 0.5) is 5.69 Å². The molecule has 0 saturated heterocycles. The first kappa shape index (κ1) is 13.8. The standard InChI is InChI=1S/C17H13ClN2OS/c18-11-5-6-14-13(7-11)15(8-21)20-17(19-14)16-12-4-2-1-3-10(12)9-22-16/h1-9,15,17,19-20H. The number of nitrogens with one attached hydrogen (secondary N) is 2. The number of hydrogen-bond donors (Lipinski definition) is 2. The summed E-state index contributed by atoms with van der Waals surface area (Å²) in [5.74, 6) is 0. The number of fused-ring (bicyclic) bond motifs is 2. The van der Waals surface area contributed by atoms with Crippen LogP contribution in [-0.2, 0) is 4.79 Å². The molecule has 0 bridgehead atoms. The summed E-state index contributed by atoms with van der Waals surface area (Å²) in [6.45, 7) is 0. The summed E-state index contributed by atoms with van der Waals surface area (Å²) in [5, 5.41) is 12.0. The molecule has 0 spiro atoms. The molecule has 2 unspecified atom stereocenters. The molecule has 0 aliphatic carbocycles. The number of carbonyl (C=O) groups is 1. The fraction of sp³-hybridized carbons (Fsp3) is 0.118. The smallest absolute Gasteiger partial charge is 0.141 e. The first-order valence-electron chi connectivity index (χ1n) is 7.00. The summed E-state index contributed by atoms with van der Waals surface area (Å²) in [4.78, 5) is 12.7. The molecule has 1 aromatic heterocycles. The van der Waals surface area contributed by atoms with Crippen LogP contribution in [-0.4, -0.2) is 6.29 Å². The largest absolute Gasteiger partial charge is 0.365 e. The minimum absolute atomic E-state index is 0.0891. The Morgan fingerprint density at radius 1 is 1.18 bits per heavy atom. The lowest BCUT2D eigenvalue weighted by atomic mass is 10.0. The summed E-state index contributed by atoms with van der Waals surface area (Å²) in [7, 11) is 0. The van der Waals surface area contributed by atoms with Crippen molar-refractivity contribution in [3.05, 3.63) is 63.3 Å². The molecule has 0 amide bonds. The van der Waals surface area contributed by atoms with Crippen molar-refractivity contribution in [2.75, 3.05) is 5.32 Å². The third-order valence-electron chi connectivity index (χ3n) is 3.93. The SMILES string of the molecule is O=CC1NC(c2scc3ccccc23)Nc2ccc(Cl)cc21. The predicted octanol–water partition coefficient (Wildman–Crippen LogP) is 4.51. The van der Waals surface area contributed by atoms with Gasteiger partial charge in [-0.05, 0) is 34.4 Å². The number of benzene rings is 2. The van der Waals surface area contributed by atoms with Crippen LogP contribution >= 0.6 is 22.9 Å². The first-order valence-corrected chi connectivity index (χ1v) is 8.25. The minimum Gasteiger partial charge on any atom is -0.365 e. The van der Waals surface area contributed by atoms with Crippen molar-refractivity contribution in [1.82, 2.24) is 5.32 Å². The molecule has 4 rings (SSSR count). The van der Waals surface area contributed by atoms with Crippen molar-refractivity contribution < 1.29 is 4.79 Å². The molecule has 110 valence electrons. The predicted molar refractivity (Wildman–Crippen MR) is 91.6 cm³/mol. The van der Waals surface area contributed by atoms with E-state index in [0.29, 0.717) is 5.02 Å². The van der Waals surface area contributed by atoms with E-state index >= 15 is 0 Å². The zero-order valence-corrected chi connectivity index (χ0v) is 13.1. The molecule has 2 heterocycles. The maximum Gasteiger partial charge on any atom is 0.141 e. The first-order chi connectivity index (χ1) is 10.8. The summed E-state index contributed by atoms with van der Waals surface area (Å²) in [6, 6.07) is 13.5. The molecule has 0 radical (unpaired) electrons. The van der Waals surface area contributed by atoms with Crippen LogP contribution in [0.2, 0.25) is 5.02 Å². The topological polar surface area (TPSA) is 41.1 Å². The summed E-state index contributed by atoms with van der Waals surface area (Å²) in [6.07, 6.45) is 0.840. The van der Waals surface area contributed by atoms with Gasteiger partial charge in [0.25, 0.3) is 0 Å². The van der Waals surface area contributed by atoms with Gasteiger partial charge in [0.05, 0.1) is 6.04 Å². The second-order valence-corrected chi connectivity index (χ2v) is 6.62. The normalized spacial score (nSPS) is 20.4. The van der Waals surface area contributed by atoms with E-state index in [4.69, 9.17) is 11.6 Å². The van der Waals surface area contributed by atoms with E-state index in [2.05, 4.69) is 28.1 Å². The molecular weight excluding hydrogens is 316 g/mol. The Bertz CT molecular complexity index is 861. The number of rotatable bonds is 2. The van der Waals surface area contributed by atoms with E-state index in [9.17, 15) is 4.79 Å². The molecule has 2 N–H and O–H groups in total. The van der Waals surface area contributed by atoms with Crippen LogP contribution in [0.5, 0.6) is 0 Å². The van der Waals surface area contributed by atoms with Gasteiger partial charge < -0.3 is 10.1 Å². The Kier molecular flexibility index (Phi) is 3.37. The van der Waals surface area contributed by atoms with Gasteiger partial charge in [0, 0.05) is 21.2 Å². The van der Waals surface area contributed by atoms with Gasteiger partial charge in [-0.25, -0.2) is 0 Å². The van der Waals surface area contributed by atoms with Crippen LogP contribution < -0.4 is 10.6 Å². The molecule has 0 saturated carbocycles. The van der Waals surface area contributed by atoms with Crippen molar-refractivity contribution in [2.24, 2.45) is 0 Å². The Labute approximate surface area is 136 Å². The molecule has 22 heavy (non-hydrogen) atoms. The third-order valence-corrected chi connectivity index (χ3v) is 5.25. The number of thiophene rings is 1. The van der Waals surface area contributed by atoms with Crippen LogP contribution in [0.1, 0.15) is 22.6 Å². The summed E-state index contributed by atoms with van der Waals surface area (Å²) < 4.78 is 0. The maximum atomic E-state index is 11.5. The average molecular weight is 329 g/mol. The van der Waals surface area contributed by atoms with Crippen LogP contribution in [0.15, 0.2) is 47.8 Å². The van der Waals surface area contributed by atoms with E-state index in [1.165, 1.54) is 15.6 Å². The second kappa shape index (κ2) is 5.39. The van der Waals surface area contributed by atoms with E-state index in [1.807, 2.05) is 30.3 Å². The zero-order chi connectivity index (χ0) is 15.1. The quantitative estimate of drug-likeness (QED) is 0.680. The van der Waals surface area contributed by atoms with Gasteiger partial charge in [-0.2, -0.15) is 0 Å². The number of halogens is 1. The minimum atomic E-state index is -0.360. The molecule has 2 aromatic carbocycles. The highest BCUT2D eigenvalue weighted by Gasteiger charge is 2.28. The van der Waals surface area contributed by atoms with Crippen LogP contribution in [0, 0.1) is 0 Å². The lowest BCUT2D eigenvalue weighted by Gasteiger charge is -2.32. The fourth-order valence-electron chi connectivity index (χ4n) is 2.88. The lowest BCUT2D eigenvalue weighted by Crippen LogP contribution is -2.37. The molecule has 1 aliphatic rings. The highest BCUT2D eigenvalue weighted by molar-refractivity contribution is 7.11. The van der Waals surface area contributed by atoms with Gasteiger partial charge in [-0.15, -0.1) is 11.3 Å². The van der Waals surface area contributed by atoms with Crippen molar-refractivity contribution in [3.8, 4) is 0 Å². The Balaban J connectivity index is 1.79.